The molecule has 2 aromatic heterocycles. The van der Waals surface area contributed by atoms with Crippen LogP contribution in [0.15, 0.2) is 22.9 Å². The van der Waals surface area contributed by atoms with E-state index in [4.69, 9.17) is 0 Å². The van der Waals surface area contributed by atoms with E-state index in [1.807, 2.05) is 0 Å². The number of aromatic nitrogens is 2. The number of hydrogen-bond acceptors (Lipinski definition) is 1. The molecule has 2 rings (SSSR count). The first-order chi connectivity index (χ1) is 6.50. The quantitative estimate of drug-likeness (QED) is 0.777. The van der Waals surface area contributed by atoms with Crippen molar-refractivity contribution in [1.29, 1.82) is 0 Å². The molecule has 0 spiro atoms. The third kappa shape index (κ3) is 1.39. The van der Waals surface area contributed by atoms with Crippen molar-refractivity contribution in [1.82, 2.24) is 9.97 Å². The third-order valence-electron chi connectivity index (χ3n) is 1.83. The summed E-state index contributed by atoms with van der Waals surface area (Å²) in [6.45, 7) is 0. The number of alkyl halides is 3. The van der Waals surface area contributed by atoms with Crippen molar-refractivity contribution in [3.63, 3.8) is 0 Å². The Morgan fingerprint density at radius 1 is 1.36 bits per heavy atom. The van der Waals surface area contributed by atoms with Crippen LogP contribution < -0.4 is 0 Å². The highest BCUT2D eigenvalue weighted by Gasteiger charge is 2.33. The Kier molecular flexibility index (Phi) is 2.02. The van der Waals surface area contributed by atoms with Crippen LogP contribution in [0.3, 0.4) is 0 Å². The standard InChI is InChI=1S/C8H4BrF3N2/c9-5-3-14-6-4(8(10,11)12)1-2-13-7(5)6/h1-3,14H. The molecule has 2 nitrogen and oxygen atoms in total. The summed E-state index contributed by atoms with van der Waals surface area (Å²) in [4.78, 5) is 6.37. The first-order valence-corrected chi connectivity index (χ1v) is 4.48. The fourth-order valence-electron chi connectivity index (χ4n) is 1.23. The lowest BCUT2D eigenvalue weighted by Gasteiger charge is -2.06. The highest BCUT2D eigenvalue weighted by Crippen LogP contribution is 2.35. The molecule has 0 saturated carbocycles. The minimum atomic E-state index is -4.36. The van der Waals surface area contributed by atoms with E-state index < -0.39 is 11.7 Å². The Labute approximate surface area is 85.3 Å². The molecule has 1 N–H and O–H groups in total. The molecule has 0 aliphatic rings. The van der Waals surface area contributed by atoms with Crippen molar-refractivity contribution in [3.8, 4) is 0 Å². The maximum absolute atomic E-state index is 12.5. The Hall–Kier alpha value is -1.04. The lowest BCUT2D eigenvalue weighted by atomic mass is 10.2. The van der Waals surface area contributed by atoms with Gasteiger partial charge in [-0.05, 0) is 22.0 Å². The molecular formula is C8H4BrF3N2. The number of aromatic amines is 1. The van der Waals surface area contributed by atoms with E-state index in [-0.39, 0.29) is 5.52 Å². The number of fused-ring (bicyclic) bond motifs is 1. The summed E-state index contributed by atoms with van der Waals surface area (Å²) < 4.78 is 37.9. The summed E-state index contributed by atoms with van der Waals surface area (Å²) in [5.74, 6) is 0. The van der Waals surface area contributed by atoms with E-state index in [9.17, 15) is 13.2 Å². The van der Waals surface area contributed by atoms with Crippen LogP contribution in [0.4, 0.5) is 13.2 Å². The molecular weight excluding hydrogens is 261 g/mol. The summed E-state index contributed by atoms with van der Waals surface area (Å²) in [6.07, 6.45) is -1.78. The van der Waals surface area contributed by atoms with Gasteiger partial charge in [0.2, 0.25) is 0 Å². The molecule has 0 aliphatic heterocycles. The summed E-state index contributed by atoms with van der Waals surface area (Å²) in [5.41, 5.74) is -0.403. The van der Waals surface area contributed by atoms with Crippen molar-refractivity contribution in [3.05, 3.63) is 28.5 Å². The summed E-state index contributed by atoms with van der Waals surface area (Å²) in [5, 5.41) is 0. The Balaban J connectivity index is 2.79. The number of H-pyrrole nitrogens is 1. The number of halogens is 4. The van der Waals surface area contributed by atoms with Gasteiger partial charge in [-0.2, -0.15) is 13.2 Å². The van der Waals surface area contributed by atoms with E-state index in [0.29, 0.717) is 9.99 Å². The highest BCUT2D eigenvalue weighted by molar-refractivity contribution is 9.10. The zero-order valence-electron chi connectivity index (χ0n) is 6.69. The van der Waals surface area contributed by atoms with Crippen molar-refractivity contribution >= 4 is 27.0 Å². The van der Waals surface area contributed by atoms with E-state index in [1.165, 1.54) is 6.20 Å². The van der Waals surface area contributed by atoms with Crippen LogP contribution in [0.25, 0.3) is 11.0 Å². The molecule has 0 aliphatic carbocycles. The first-order valence-electron chi connectivity index (χ1n) is 3.69. The van der Waals surface area contributed by atoms with E-state index in [1.54, 1.807) is 0 Å². The van der Waals surface area contributed by atoms with Gasteiger partial charge in [0.15, 0.2) is 0 Å². The fraction of sp³-hybridized carbons (Fsp3) is 0.125. The normalized spacial score (nSPS) is 12.3. The average Bonchev–Trinajstić information content (AvgIpc) is 2.46. The molecule has 0 unspecified atom stereocenters. The molecule has 2 aromatic rings. The van der Waals surface area contributed by atoms with Gasteiger partial charge in [0, 0.05) is 12.4 Å². The predicted octanol–water partition coefficient (Wildman–Crippen LogP) is 3.34. The molecule has 0 fully saturated rings. The molecule has 74 valence electrons. The molecule has 0 radical (unpaired) electrons. The fourth-order valence-corrected chi connectivity index (χ4v) is 1.64. The van der Waals surface area contributed by atoms with Gasteiger partial charge in [-0.25, -0.2) is 0 Å². The Morgan fingerprint density at radius 2 is 2.07 bits per heavy atom. The Bertz CT molecular complexity index is 475. The van der Waals surface area contributed by atoms with E-state index >= 15 is 0 Å². The van der Waals surface area contributed by atoms with Gasteiger partial charge in [0.1, 0.15) is 5.52 Å². The number of hydrogen-bond donors (Lipinski definition) is 1. The van der Waals surface area contributed by atoms with Gasteiger partial charge in [0.25, 0.3) is 0 Å². The third-order valence-corrected chi connectivity index (χ3v) is 2.43. The van der Waals surface area contributed by atoms with Gasteiger partial charge >= 0.3 is 6.18 Å². The van der Waals surface area contributed by atoms with Crippen molar-refractivity contribution in [2.75, 3.05) is 0 Å². The molecule has 14 heavy (non-hydrogen) atoms. The van der Waals surface area contributed by atoms with Crippen molar-refractivity contribution in [2.24, 2.45) is 0 Å². The zero-order chi connectivity index (χ0) is 10.3. The summed E-state index contributed by atoms with van der Waals surface area (Å²) >= 11 is 3.11. The van der Waals surface area contributed by atoms with Crippen LogP contribution in [0.1, 0.15) is 5.56 Å². The summed E-state index contributed by atoms with van der Waals surface area (Å²) in [6, 6.07) is 0.950. The van der Waals surface area contributed by atoms with Crippen LogP contribution >= 0.6 is 15.9 Å². The van der Waals surface area contributed by atoms with Crippen LogP contribution in [-0.2, 0) is 6.18 Å². The van der Waals surface area contributed by atoms with Gasteiger partial charge in [-0.15, -0.1) is 0 Å². The van der Waals surface area contributed by atoms with Gasteiger partial charge in [-0.3, -0.25) is 4.98 Å². The van der Waals surface area contributed by atoms with E-state index in [2.05, 4.69) is 25.9 Å². The minimum Gasteiger partial charge on any atom is -0.358 e. The lowest BCUT2D eigenvalue weighted by Crippen LogP contribution is -2.05. The van der Waals surface area contributed by atoms with Gasteiger partial charge in [0.05, 0.1) is 15.6 Å². The van der Waals surface area contributed by atoms with Crippen LogP contribution in [0.5, 0.6) is 0 Å². The minimum absolute atomic E-state index is 0.00637. The second-order valence-electron chi connectivity index (χ2n) is 2.72. The lowest BCUT2D eigenvalue weighted by molar-refractivity contribution is -0.136. The number of nitrogens with zero attached hydrogens (tertiary/aromatic N) is 1. The predicted molar refractivity (Wildman–Crippen MR) is 48.8 cm³/mol. The summed E-state index contributed by atoms with van der Waals surface area (Å²) in [7, 11) is 0. The van der Waals surface area contributed by atoms with Gasteiger partial charge in [-0.1, -0.05) is 0 Å². The monoisotopic (exact) mass is 264 g/mol. The zero-order valence-corrected chi connectivity index (χ0v) is 8.28. The second-order valence-corrected chi connectivity index (χ2v) is 3.57. The average molecular weight is 265 g/mol. The molecule has 0 saturated heterocycles. The molecule has 0 aromatic carbocycles. The number of nitrogens with one attached hydrogen (secondary N) is 1. The smallest absolute Gasteiger partial charge is 0.358 e. The maximum Gasteiger partial charge on any atom is 0.418 e. The van der Waals surface area contributed by atoms with Crippen LogP contribution in [-0.4, -0.2) is 9.97 Å². The molecule has 0 atom stereocenters. The maximum atomic E-state index is 12.5. The topological polar surface area (TPSA) is 28.7 Å². The SMILES string of the molecule is FC(F)(F)c1ccnc2c(Br)c[nH]c12. The molecule has 0 bridgehead atoms. The Morgan fingerprint density at radius 3 is 2.71 bits per heavy atom. The van der Waals surface area contributed by atoms with Crippen molar-refractivity contribution < 1.29 is 13.2 Å². The largest absolute Gasteiger partial charge is 0.418 e. The number of rotatable bonds is 0. The molecule has 2 heterocycles. The number of pyridine rings is 1. The second kappa shape index (κ2) is 2.98. The van der Waals surface area contributed by atoms with Crippen LogP contribution in [0.2, 0.25) is 0 Å². The molecule has 6 heteroatoms. The molecule has 0 amide bonds. The van der Waals surface area contributed by atoms with Crippen molar-refractivity contribution in [2.45, 2.75) is 6.18 Å². The first kappa shape index (κ1) is 9.51. The van der Waals surface area contributed by atoms with Crippen LogP contribution in [0, 0.1) is 0 Å². The van der Waals surface area contributed by atoms with E-state index in [0.717, 1.165) is 12.3 Å². The van der Waals surface area contributed by atoms with Gasteiger partial charge < -0.3 is 4.98 Å². The highest BCUT2D eigenvalue weighted by atomic mass is 79.9.